The average molecular weight is 304 g/mol. The van der Waals surface area contributed by atoms with Crippen LogP contribution in [0.4, 0.5) is 0 Å². The molecule has 23 heavy (non-hydrogen) atoms. The lowest BCUT2D eigenvalue weighted by molar-refractivity contribution is 0.0511. The van der Waals surface area contributed by atoms with Crippen LogP contribution in [0.3, 0.4) is 0 Å². The van der Waals surface area contributed by atoms with Gasteiger partial charge in [0.15, 0.2) is 6.79 Å². The van der Waals surface area contributed by atoms with E-state index in [1.54, 1.807) is 31.4 Å². The molecule has 2 aromatic carbocycles. The summed E-state index contributed by atoms with van der Waals surface area (Å²) in [6.45, 7) is 2.14. The maximum Gasteiger partial charge on any atom is 0.188 e. The van der Waals surface area contributed by atoms with Crippen molar-refractivity contribution < 1.29 is 9.47 Å². The molecule has 0 aliphatic heterocycles. The Balaban J connectivity index is 2.42. The zero-order valence-electron chi connectivity index (χ0n) is 13.0. The van der Waals surface area contributed by atoms with E-state index >= 15 is 0 Å². The fourth-order valence-electron chi connectivity index (χ4n) is 2.09. The lowest BCUT2D eigenvalue weighted by Crippen LogP contribution is -1.98. The van der Waals surface area contributed by atoms with Crippen molar-refractivity contribution in [1.29, 1.82) is 10.5 Å². The predicted octanol–water partition coefficient (Wildman–Crippen LogP) is 3.94. The van der Waals surface area contributed by atoms with Crippen LogP contribution in [0.25, 0.3) is 11.1 Å². The van der Waals surface area contributed by atoms with E-state index in [0.29, 0.717) is 22.5 Å². The van der Waals surface area contributed by atoms with Crippen LogP contribution in [-0.2, 0) is 4.74 Å². The van der Waals surface area contributed by atoms with Crippen LogP contribution in [0.15, 0.2) is 48.5 Å². The molecule has 0 bridgehead atoms. The van der Waals surface area contributed by atoms with Crippen LogP contribution in [0, 0.1) is 29.6 Å². The van der Waals surface area contributed by atoms with E-state index < -0.39 is 0 Å². The summed E-state index contributed by atoms with van der Waals surface area (Å²) in [5.74, 6) is 0.640. The smallest absolute Gasteiger partial charge is 0.188 e. The first-order valence-electron chi connectivity index (χ1n) is 7.03. The van der Waals surface area contributed by atoms with E-state index in [2.05, 4.69) is 12.1 Å². The van der Waals surface area contributed by atoms with Gasteiger partial charge in [-0.25, -0.2) is 0 Å². The van der Waals surface area contributed by atoms with Gasteiger partial charge in [0.2, 0.25) is 0 Å². The highest BCUT2D eigenvalue weighted by atomic mass is 16.7. The third-order valence-electron chi connectivity index (χ3n) is 3.30. The van der Waals surface area contributed by atoms with Crippen LogP contribution in [0.1, 0.15) is 16.7 Å². The summed E-state index contributed by atoms with van der Waals surface area (Å²) in [5.41, 5.74) is 3.21. The number of rotatable bonds is 5. The largest absolute Gasteiger partial charge is 0.468 e. The molecule has 0 aliphatic carbocycles. The first-order chi connectivity index (χ1) is 11.2. The second-order valence-corrected chi connectivity index (χ2v) is 4.91. The van der Waals surface area contributed by atoms with E-state index in [9.17, 15) is 10.5 Å². The topological polar surface area (TPSA) is 66.0 Å². The first-order valence-corrected chi connectivity index (χ1v) is 7.03. The molecule has 0 spiro atoms. The molecule has 0 aliphatic rings. The van der Waals surface area contributed by atoms with Gasteiger partial charge in [-0.15, -0.1) is 0 Å². The van der Waals surface area contributed by atoms with Crippen molar-refractivity contribution in [2.45, 2.75) is 6.92 Å². The quantitative estimate of drug-likeness (QED) is 0.477. The molecule has 0 fully saturated rings. The Morgan fingerprint density at radius 2 is 1.35 bits per heavy atom. The third-order valence-corrected chi connectivity index (χ3v) is 3.30. The highest BCUT2D eigenvalue weighted by Gasteiger charge is 2.11. The summed E-state index contributed by atoms with van der Waals surface area (Å²) >= 11 is 0. The number of aryl methyl sites for hydroxylation is 1. The van der Waals surface area contributed by atoms with Gasteiger partial charge < -0.3 is 9.47 Å². The van der Waals surface area contributed by atoms with Gasteiger partial charge in [-0.1, -0.05) is 29.8 Å². The van der Waals surface area contributed by atoms with Gasteiger partial charge in [-0.3, -0.25) is 0 Å². The van der Waals surface area contributed by atoms with Crippen molar-refractivity contribution in [2.75, 3.05) is 13.9 Å². The number of allylic oxidation sites excluding steroid dienone is 2. The summed E-state index contributed by atoms with van der Waals surface area (Å²) in [7, 11) is 1.55. The molecule has 114 valence electrons. The fraction of sp³-hybridized carbons (Fsp3) is 0.158. The Kier molecular flexibility index (Phi) is 5.52. The SMILES string of the molecule is COCOc1ccc(/C(C#N)=C(\C#N)c2ccc(C)cc2)cc1. The van der Waals surface area contributed by atoms with Crippen LogP contribution in [0.2, 0.25) is 0 Å². The Labute approximate surface area is 135 Å². The zero-order chi connectivity index (χ0) is 16.7. The Hall–Kier alpha value is -3.08. The number of nitriles is 2. The van der Waals surface area contributed by atoms with Crippen molar-refractivity contribution in [2.24, 2.45) is 0 Å². The molecule has 0 atom stereocenters. The summed E-state index contributed by atoms with van der Waals surface area (Å²) in [5, 5.41) is 19.0. The second-order valence-electron chi connectivity index (χ2n) is 4.91. The summed E-state index contributed by atoms with van der Waals surface area (Å²) in [4.78, 5) is 0. The molecule has 2 rings (SSSR count). The van der Waals surface area contributed by atoms with Gasteiger partial charge in [0.1, 0.15) is 17.9 Å². The highest BCUT2D eigenvalue weighted by Crippen LogP contribution is 2.27. The molecule has 0 saturated heterocycles. The molecule has 4 heteroatoms. The van der Waals surface area contributed by atoms with Gasteiger partial charge in [0.05, 0.1) is 11.1 Å². The number of hydrogen-bond acceptors (Lipinski definition) is 4. The van der Waals surface area contributed by atoms with Crippen LogP contribution in [0.5, 0.6) is 5.75 Å². The van der Waals surface area contributed by atoms with Gasteiger partial charge in [-0.2, -0.15) is 10.5 Å². The van der Waals surface area contributed by atoms with Crippen LogP contribution in [-0.4, -0.2) is 13.9 Å². The molecule has 0 N–H and O–H groups in total. The minimum absolute atomic E-state index is 0.160. The van der Waals surface area contributed by atoms with Crippen molar-refractivity contribution in [3.63, 3.8) is 0 Å². The summed E-state index contributed by atoms with van der Waals surface area (Å²) < 4.78 is 10.2. The molecule has 2 aromatic rings. The average Bonchev–Trinajstić information content (AvgIpc) is 2.59. The normalized spacial score (nSPS) is 11.1. The zero-order valence-corrected chi connectivity index (χ0v) is 13.0. The fourth-order valence-corrected chi connectivity index (χ4v) is 2.09. The van der Waals surface area contributed by atoms with E-state index in [1.165, 1.54) is 0 Å². The Bertz CT molecular complexity index is 776. The lowest BCUT2D eigenvalue weighted by atomic mass is 9.96. The molecule has 0 aromatic heterocycles. The number of methoxy groups -OCH3 is 1. The van der Waals surface area contributed by atoms with E-state index in [1.807, 2.05) is 31.2 Å². The predicted molar refractivity (Wildman–Crippen MR) is 88.2 cm³/mol. The minimum Gasteiger partial charge on any atom is -0.468 e. The second kappa shape index (κ2) is 7.79. The molecule has 0 unspecified atom stereocenters. The van der Waals surface area contributed by atoms with Crippen molar-refractivity contribution in [3.8, 4) is 17.9 Å². The first kappa shape index (κ1) is 16.3. The minimum atomic E-state index is 0.160. The van der Waals surface area contributed by atoms with Crippen molar-refractivity contribution in [3.05, 3.63) is 65.2 Å². The number of benzene rings is 2. The Morgan fingerprint density at radius 3 is 1.78 bits per heavy atom. The number of hydrogen-bond donors (Lipinski definition) is 0. The number of ether oxygens (including phenoxy) is 2. The molecule has 0 saturated carbocycles. The Morgan fingerprint density at radius 1 is 0.870 bits per heavy atom. The van der Waals surface area contributed by atoms with Gasteiger partial charge in [-0.05, 0) is 42.3 Å². The molecule has 0 heterocycles. The van der Waals surface area contributed by atoms with E-state index in [0.717, 1.165) is 11.1 Å². The van der Waals surface area contributed by atoms with Crippen molar-refractivity contribution in [1.82, 2.24) is 0 Å². The van der Waals surface area contributed by atoms with Gasteiger partial charge in [0, 0.05) is 7.11 Å². The van der Waals surface area contributed by atoms with E-state index in [-0.39, 0.29) is 6.79 Å². The van der Waals surface area contributed by atoms with E-state index in [4.69, 9.17) is 9.47 Å². The standard InChI is InChI=1S/C19H16N2O2/c1-14-3-5-15(6-4-14)18(11-20)19(12-21)16-7-9-17(10-8-16)23-13-22-2/h3-10H,13H2,1-2H3/b19-18+. The molecular weight excluding hydrogens is 288 g/mol. The van der Waals surface area contributed by atoms with Gasteiger partial charge >= 0.3 is 0 Å². The van der Waals surface area contributed by atoms with Crippen LogP contribution >= 0.6 is 0 Å². The van der Waals surface area contributed by atoms with Crippen molar-refractivity contribution >= 4 is 11.1 Å². The lowest BCUT2D eigenvalue weighted by Gasteiger charge is -2.07. The maximum atomic E-state index is 9.50. The number of nitrogens with zero attached hydrogens (tertiary/aromatic N) is 2. The molecule has 0 radical (unpaired) electrons. The third kappa shape index (κ3) is 3.97. The summed E-state index contributed by atoms with van der Waals surface area (Å²) in [6, 6.07) is 18.8. The summed E-state index contributed by atoms with van der Waals surface area (Å²) in [6.07, 6.45) is 0. The molecule has 0 amide bonds. The van der Waals surface area contributed by atoms with Gasteiger partial charge in [0.25, 0.3) is 0 Å². The molecular formula is C19H16N2O2. The highest BCUT2D eigenvalue weighted by molar-refractivity contribution is 6.02. The monoisotopic (exact) mass is 304 g/mol. The molecule has 4 nitrogen and oxygen atoms in total. The van der Waals surface area contributed by atoms with Crippen LogP contribution < -0.4 is 4.74 Å². The maximum absolute atomic E-state index is 9.50.